The number of carbonyl (C=O) groups excluding carboxylic acids is 1. The zero-order chi connectivity index (χ0) is 15.6. The Kier molecular flexibility index (Phi) is 6.23. The number of benzene rings is 1. The summed E-state index contributed by atoms with van der Waals surface area (Å²) in [5.74, 6) is 0.765. The van der Waals surface area contributed by atoms with E-state index in [2.05, 4.69) is 4.98 Å². The van der Waals surface area contributed by atoms with Gasteiger partial charge >= 0.3 is 6.16 Å². The number of aromatic nitrogens is 1. The molecule has 0 amide bonds. The molecule has 0 N–H and O–H groups in total. The van der Waals surface area contributed by atoms with Crippen LogP contribution in [0, 0.1) is 0 Å². The zero-order valence-corrected chi connectivity index (χ0v) is 12.5. The van der Waals surface area contributed by atoms with Crippen molar-refractivity contribution in [1.29, 1.82) is 0 Å². The van der Waals surface area contributed by atoms with E-state index in [1.807, 2.05) is 42.6 Å². The van der Waals surface area contributed by atoms with E-state index < -0.39 is 6.16 Å². The molecule has 0 aliphatic heterocycles. The highest BCUT2D eigenvalue weighted by Gasteiger charge is 2.04. The highest BCUT2D eigenvalue weighted by Crippen LogP contribution is 2.12. The van der Waals surface area contributed by atoms with Gasteiger partial charge in [-0.1, -0.05) is 18.2 Å². The predicted molar refractivity (Wildman–Crippen MR) is 81.7 cm³/mol. The molecule has 0 radical (unpaired) electrons. The molecule has 0 aliphatic rings. The average molecular weight is 301 g/mol. The van der Waals surface area contributed by atoms with Crippen LogP contribution in [0.2, 0.25) is 0 Å². The lowest BCUT2D eigenvalue weighted by Gasteiger charge is -2.07. The second-order valence-electron chi connectivity index (χ2n) is 4.70. The third kappa shape index (κ3) is 5.44. The van der Waals surface area contributed by atoms with Crippen LogP contribution in [0.25, 0.3) is 0 Å². The van der Waals surface area contributed by atoms with Gasteiger partial charge in [-0.25, -0.2) is 4.79 Å². The van der Waals surface area contributed by atoms with Gasteiger partial charge in [-0.2, -0.15) is 0 Å². The SMILES string of the molecule is COc1ccc(COC(=O)OCCCc2cccnc2)cc1. The molecule has 116 valence electrons. The van der Waals surface area contributed by atoms with Crippen LogP contribution < -0.4 is 4.74 Å². The summed E-state index contributed by atoms with van der Waals surface area (Å²) >= 11 is 0. The second kappa shape index (κ2) is 8.67. The highest BCUT2D eigenvalue weighted by molar-refractivity contribution is 5.59. The summed E-state index contributed by atoms with van der Waals surface area (Å²) in [6, 6.07) is 11.2. The number of hydrogen-bond donors (Lipinski definition) is 0. The van der Waals surface area contributed by atoms with Crippen LogP contribution in [-0.4, -0.2) is 24.9 Å². The van der Waals surface area contributed by atoms with Gasteiger partial charge in [0.05, 0.1) is 13.7 Å². The molecule has 22 heavy (non-hydrogen) atoms. The Morgan fingerprint density at radius 1 is 1.09 bits per heavy atom. The van der Waals surface area contributed by atoms with Crippen molar-refractivity contribution in [3.8, 4) is 5.75 Å². The summed E-state index contributed by atoms with van der Waals surface area (Å²) in [4.78, 5) is 15.5. The number of rotatable bonds is 7. The minimum absolute atomic E-state index is 0.186. The predicted octanol–water partition coefficient (Wildman–Crippen LogP) is 3.38. The Morgan fingerprint density at radius 3 is 2.59 bits per heavy atom. The molecule has 0 aliphatic carbocycles. The first kappa shape index (κ1) is 15.8. The van der Waals surface area contributed by atoms with E-state index in [1.165, 1.54) is 0 Å². The van der Waals surface area contributed by atoms with Gasteiger partial charge < -0.3 is 14.2 Å². The Labute approximate surface area is 129 Å². The maximum absolute atomic E-state index is 11.5. The summed E-state index contributed by atoms with van der Waals surface area (Å²) in [6.07, 6.45) is 4.45. The van der Waals surface area contributed by atoms with Crippen molar-refractivity contribution in [3.63, 3.8) is 0 Å². The summed E-state index contributed by atoms with van der Waals surface area (Å²) in [5, 5.41) is 0. The van der Waals surface area contributed by atoms with Crippen molar-refractivity contribution in [2.75, 3.05) is 13.7 Å². The van der Waals surface area contributed by atoms with Crippen molar-refractivity contribution < 1.29 is 19.0 Å². The van der Waals surface area contributed by atoms with Gasteiger partial charge in [0.15, 0.2) is 0 Å². The molecule has 2 aromatic rings. The molecule has 5 heteroatoms. The number of aryl methyl sites for hydroxylation is 1. The topological polar surface area (TPSA) is 57.7 Å². The Balaban J connectivity index is 1.61. The van der Waals surface area contributed by atoms with E-state index in [0.717, 1.165) is 29.7 Å². The lowest BCUT2D eigenvalue weighted by Crippen LogP contribution is -2.09. The number of pyridine rings is 1. The first-order chi connectivity index (χ1) is 10.8. The molecule has 0 spiro atoms. The molecule has 0 saturated carbocycles. The van der Waals surface area contributed by atoms with Crippen molar-refractivity contribution in [2.45, 2.75) is 19.4 Å². The van der Waals surface area contributed by atoms with Crippen LogP contribution in [0.4, 0.5) is 4.79 Å². The maximum atomic E-state index is 11.5. The Morgan fingerprint density at radius 2 is 1.91 bits per heavy atom. The normalized spacial score (nSPS) is 10.0. The minimum Gasteiger partial charge on any atom is -0.497 e. The molecule has 1 aromatic heterocycles. The van der Waals surface area contributed by atoms with E-state index in [0.29, 0.717) is 6.61 Å². The molecule has 0 bridgehead atoms. The van der Waals surface area contributed by atoms with Crippen LogP contribution in [0.15, 0.2) is 48.8 Å². The van der Waals surface area contributed by atoms with Crippen molar-refractivity contribution in [1.82, 2.24) is 4.98 Å². The van der Waals surface area contributed by atoms with Crippen molar-refractivity contribution in [2.24, 2.45) is 0 Å². The van der Waals surface area contributed by atoms with Crippen LogP contribution in [0.5, 0.6) is 5.75 Å². The maximum Gasteiger partial charge on any atom is 0.508 e. The van der Waals surface area contributed by atoms with Crippen LogP contribution >= 0.6 is 0 Å². The number of methoxy groups -OCH3 is 1. The van der Waals surface area contributed by atoms with Gasteiger partial charge in [0, 0.05) is 12.4 Å². The lowest BCUT2D eigenvalue weighted by atomic mass is 10.2. The van der Waals surface area contributed by atoms with Crippen LogP contribution in [0.3, 0.4) is 0 Å². The van der Waals surface area contributed by atoms with E-state index in [9.17, 15) is 4.79 Å². The molecule has 0 fully saturated rings. The molecule has 1 aromatic carbocycles. The summed E-state index contributed by atoms with van der Waals surface area (Å²) in [7, 11) is 1.61. The quantitative estimate of drug-likeness (QED) is 0.579. The van der Waals surface area contributed by atoms with Gasteiger partial charge in [0.2, 0.25) is 0 Å². The Bertz CT molecular complexity index is 569. The molecule has 0 saturated heterocycles. The van der Waals surface area contributed by atoms with Crippen molar-refractivity contribution >= 4 is 6.16 Å². The fraction of sp³-hybridized carbons (Fsp3) is 0.294. The molecule has 5 nitrogen and oxygen atoms in total. The van der Waals surface area contributed by atoms with Gasteiger partial charge in [0.1, 0.15) is 12.4 Å². The molecule has 2 rings (SSSR count). The largest absolute Gasteiger partial charge is 0.508 e. The minimum atomic E-state index is -0.651. The van der Waals surface area contributed by atoms with Gasteiger partial charge in [-0.3, -0.25) is 4.98 Å². The first-order valence-corrected chi connectivity index (χ1v) is 7.09. The van der Waals surface area contributed by atoms with Crippen molar-refractivity contribution in [3.05, 3.63) is 59.9 Å². The monoisotopic (exact) mass is 301 g/mol. The van der Waals surface area contributed by atoms with E-state index in [1.54, 1.807) is 13.3 Å². The van der Waals surface area contributed by atoms with Gasteiger partial charge in [-0.15, -0.1) is 0 Å². The third-order valence-corrected chi connectivity index (χ3v) is 3.07. The molecule has 1 heterocycles. The molecular weight excluding hydrogens is 282 g/mol. The number of ether oxygens (including phenoxy) is 3. The fourth-order valence-electron chi connectivity index (χ4n) is 1.88. The summed E-state index contributed by atoms with van der Waals surface area (Å²) in [6.45, 7) is 0.516. The standard InChI is InChI=1S/C17H19NO4/c1-20-16-8-6-15(7-9-16)13-22-17(19)21-11-3-5-14-4-2-10-18-12-14/h2,4,6-10,12H,3,5,11,13H2,1H3. The zero-order valence-electron chi connectivity index (χ0n) is 12.5. The van der Waals surface area contributed by atoms with Crippen LogP contribution in [0.1, 0.15) is 17.5 Å². The number of carbonyl (C=O) groups is 1. The average Bonchev–Trinajstić information content (AvgIpc) is 2.58. The van der Waals surface area contributed by atoms with E-state index in [-0.39, 0.29) is 6.61 Å². The first-order valence-electron chi connectivity index (χ1n) is 7.09. The van der Waals surface area contributed by atoms with E-state index in [4.69, 9.17) is 14.2 Å². The number of hydrogen-bond acceptors (Lipinski definition) is 5. The van der Waals surface area contributed by atoms with Gasteiger partial charge in [0.25, 0.3) is 0 Å². The number of nitrogens with zero attached hydrogens (tertiary/aromatic N) is 1. The van der Waals surface area contributed by atoms with Crippen LogP contribution in [-0.2, 0) is 22.5 Å². The lowest BCUT2D eigenvalue weighted by molar-refractivity contribution is 0.0492. The smallest absolute Gasteiger partial charge is 0.497 e. The Hall–Kier alpha value is -2.56. The van der Waals surface area contributed by atoms with Gasteiger partial charge in [-0.05, 0) is 42.2 Å². The fourth-order valence-corrected chi connectivity index (χ4v) is 1.88. The summed E-state index contributed by atoms with van der Waals surface area (Å²) in [5.41, 5.74) is 2.01. The molecule has 0 atom stereocenters. The second-order valence-corrected chi connectivity index (χ2v) is 4.70. The summed E-state index contributed by atoms with van der Waals surface area (Å²) < 4.78 is 15.1. The third-order valence-electron chi connectivity index (χ3n) is 3.07. The van der Waals surface area contributed by atoms with E-state index >= 15 is 0 Å². The molecule has 0 unspecified atom stereocenters. The molecular formula is C17H19NO4. The highest BCUT2D eigenvalue weighted by atomic mass is 16.7.